The minimum atomic E-state index is -0.153. The van der Waals surface area contributed by atoms with Crippen LogP contribution in [0.25, 0.3) is 0 Å². The van der Waals surface area contributed by atoms with E-state index >= 15 is 0 Å². The lowest BCUT2D eigenvalue weighted by Gasteiger charge is -2.27. The Morgan fingerprint density at radius 3 is 2.71 bits per heavy atom. The average molecular weight is 304 g/mol. The van der Waals surface area contributed by atoms with Gasteiger partial charge in [0.1, 0.15) is 0 Å². The van der Waals surface area contributed by atoms with Gasteiger partial charge in [0.2, 0.25) is 0 Å². The molecular formula is C15H20N4OS. The summed E-state index contributed by atoms with van der Waals surface area (Å²) in [6.07, 6.45) is 7.23. The third kappa shape index (κ3) is 4.66. The summed E-state index contributed by atoms with van der Waals surface area (Å²) in [5.74, 6) is 0. The Labute approximate surface area is 129 Å². The van der Waals surface area contributed by atoms with Gasteiger partial charge in [-0.2, -0.15) is 5.26 Å². The van der Waals surface area contributed by atoms with Gasteiger partial charge >= 0.3 is 0 Å². The number of aliphatic hydroxyl groups excluding tert-OH is 1. The van der Waals surface area contributed by atoms with Crippen LogP contribution in [0.3, 0.4) is 0 Å². The Morgan fingerprint density at radius 2 is 2.05 bits per heavy atom. The number of amidine groups is 1. The number of nitrogens with zero attached hydrogens (tertiary/aromatic N) is 2. The Bertz CT molecular complexity index is 533. The highest BCUT2D eigenvalue weighted by atomic mass is 32.2. The van der Waals surface area contributed by atoms with Crippen molar-refractivity contribution in [3.8, 4) is 6.19 Å². The van der Waals surface area contributed by atoms with Crippen LogP contribution in [-0.2, 0) is 0 Å². The molecule has 1 fully saturated rings. The summed E-state index contributed by atoms with van der Waals surface area (Å²) in [5, 5.41) is 24.9. The van der Waals surface area contributed by atoms with E-state index in [1.807, 2.05) is 36.7 Å². The number of hydrogen-bond donors (Lipinski definition) is 3. The Hall–Kier alpha value is -1.71. The molecule has 2 rings (SSSR count). The molecule has 0 saturated heterocycles. The van der Waals surface area contributed by atoms with Crippen molar-refractivity contribution in [3.63, 3.8) is 0 Å². The van der Waals surface area contributed by atoms with Crippen LogP contribution in [0.15, 0.2) is 29.3 Å². The topological polar surface area (TPSA) is 80.4 Å². The predicted octanol–water partition coefficient (Wildman–Crippen LogP) is 2.82. The first-order chi connectivity index (χ1) is 10.2. The number of thioether (sulfide) groups is 1. The quantitative estimate of drug-likeness (QED) is 0.346. The molecule has 5 nitrogen and oxygen atoms in total. The molecule has 0 radical (unpaired) electrons. The Morgan fingerprint density at radius 1 is 1.33 bits per heavy atom. The summed E-state index contributed by atoms with van der Waals surface area (Å²) in [4.78, 5) is 4.48. The first kappa shape index (κ1) is 15.7. The molecule has 0 amide bonds. The Kier molecular flexibility index (Phi) is 5.90. The molecule has 0 atom stereocenters. The fourth-order valence-electron chi connectivity index (χ4n) is 2.42. The zero-order valence-electron chi connectivity index (χ0n) is 12.0. The van der Waals surface area contributed by atoms with Crippen molar-refractivity contribution >= 4 is 28.3 Å². The number of rotatable bonds is 3. The monoisotopic (exact) mass is 304 g/mol. The summed E-state index contributed by atoms with van der Waals surface area (Å²) >= 11 is 1.40. The van der Waals surface area contributed by atoms with Crippen LogP contribution in [0.5, 0.6) is 0 Å². The molecule has 1 aliphatic carbocycles. The minimum absolute atomic E-state index is 0.153. The highest BCUT2D eigenvalue weighted by Crippen LogP contribution is 2.29. The van der Waals surface area contributed by atoms with Crippen LogP contribution in [0, 0.1) is 11.5 Å². The summed E-state index contributed by atoms with van der Waals surface area (Å²) in [7, 11) is 0. The molecule has 3 N–H and O–H groups in total. The fraction of sp³-hybridized carbons (Fsp3) is 0.467. The maximum absolute atomic E-state index is 9.57. The Balaban J connectivity index is 2.11. The second-order valence-electron chi connectivity index (χ2n) is 5.02. The van der Waals surface area contributed by atoms with Gasteiger partial charge < -0.3 is 10.4 Å². The van der Waals surface area contributed by atoms with Crippen molar-refractivity contribution in [3.05, 3.63) is 24.3 Å². The number of para-hydroxylation sites is 2. The van der Waals surface area contributed by atoms with Crippen molar-refractivity contribution in [2.75, 3.05) is 11.6 Å². The summed E-state index contributed by atoms with van der Waals surface area (Å²) in [6, 6.07) is 8.18. The van der Waals surface area contributed by atoms with Crippen molar-refractivity contribution in [1.29, 1.82) is 5.26 Å². The van der Waals surface area contributed by atoms with Crippen LogP contribution in [0.4, 0.5) is 11.4 Å². The predicted molar refractivity (Wildman–Crippen MR) is 87.7 cm³/mol. The zero-order chi connectivity index (χ0) is 15.1. The lowest BCUT2D eigenvalue weighted by atomic mass is 9.93. The number of aliphatic hydroxyl groups is 1. The van der Waals surface area contributed by atoms with E-state index in [0.29, 0.717) is 11.2 Å². The number of nitrogens with one attached hydrogen (secondary N) is 2. The molecule has 0 spiro atoms. The smallest absolute Gasteiger partial charge is 0.183 e. The number of anilines is 1. The van der Waals surface area contributed by atoms with Gasteiger partial charge in [-0.3, -0.25) is 5.32 Å². The third-order valence-electron chi connectivity index (χ3n) is 3.54. The second-order valence-corrected chi connectivity index (χ2v) is 5.82. The van der Waals surface area contributed by atoms with Crippen LogP contribution in [-0.4, -0.2) is 28.7 Å². The van der Waals surface area contributed by atoms with Gasteiger partial charge in [-0.25, -0.2) is 4.99 Å². The van der Waals surface area contributed by atoms with Crippen LogP contribution < -0.4 is 10.6 Å². The molecule has 1 aromatic carbocycles. The van der Waals surface area contributed by atoms with E-state index in [-0.39, 0.29) is 6.10 Å². The maximum atomic E-state index is 9.57. The van der Waals surface area contributed by atoms with Crippen LogP contribution in [0.2, 0.25) is 0 Å². The third-order valence-corrected chi connectivity index (χ3v) is 4.12. The van der Waals surface area contributed by atoms with E-state index in [9.17, 15) is 5.11 Å². The standard InChI is InChI=1S/C15H20N4OS/c1-21-15(17-10-16)19-14-5-3-2-4-13(14)18-11-6-8-12(20)9-7-11/h2-5,11-12,18,20H,6-9H2,1H3,(H,17,19). The summed E-state index contributed by atoms with van der Waals surface area (Å²) < 4.78 is 0. The van der Waals surface area contributed by atoms with E-state index < -0.39 is 0 Å². The molecule has 0 unspecified atom stereocenters. The van der Waals surface area contributed by atoms with E-state index in [1.165, 1.54) is 11.8 Å². The van der Waals surface area contributed by atoms with Gasteiger partial charge in [0, 0.05) is 6.04 Å². The largest absolute Gasteiger partial charge is 0.393 e. The van der Waals surface area contributed by atoms with Crippen LogP contribution in [0.1, 0.15) is 25.7 Å². The molecule has 21 heavy (non-hydrogen) atoms. The first-order valence-corrected chi connectivity index (χ1v) is 8.27. The molecule has 1 aliphatic rings. The molecule has 1 aromatic rings. The normalized spacial score (nSPS) is 22.4. The second kappa shape index (κ2) is 7.91. The molecule has 0 heterocycles. The van der Waals surface area contributed by atoms with Gasteiger partial charge in [-0.15, -0.1) is 0 Å². The van der Waals surface area contributed by atoms with Crippen molar-refractivity contribution in [1.82, 2.24) is 5.32 Å². The molecule has 6 heteroatoms. The molecule has 1 saturated carbocycles. The highest BCUT2D eigenvalue weighted by molar-refractivity contribution is 8.13. The van der Waals surface area contributed by atoms with Crippen LogP contribution >= 0.6 is 11.8 Å². The molecule has 112 valence electrons. The number of hydrogen-bond acceptors (Lipinski definition) is 5. The number of aliphatic imine (C=N–C) groups is 1. The van der Waals surface area contributed by atoms with E-state index in [4.69, 9.17) is 5.26 Å². The highest BCUT2D eigenvalue weighted by Gasteiger charge is 2.19. The van der Waals surface area contributed by atoms with Gasteiger partial charge in [0.15, 0.2) is 11.4 Å². The summed E-state index contributed by atoms with van der Waals surface area (Å²) in [5.41, 5.74) is 1.78. The maximum Gasteiger partial charge on any atom is 0.183 e. The lowest BCUT2D eigenvalue weighted by molar-refractivity contribution is 0.126. The number of nitriles is 1. The number of benzene rings is 1. The van der Waals surface area contributed by atoms with Crippen molar-refractivity contribution in [2.24, 2.45) is 4.99 Å². The molecular weight excluding hydrogens is 284 g/mol. The molecule has 0 bridgehead atoms. The molecule has 0 aromatic heterocycles. The average Bonchev–Trinajstić information content (AvgIpc) is 2.51. The van der Waals surface area contributed by atoms with E-state index in [1.54, 1.807) is 0 Å². The lowest BCUT2D eigenvalue weighted by Crippen LogP contribution is -2.28. The fourth-order valence-corrected chi connectivity index (χ4v) is 2.75. The SMILES string of the molecule is CSC(=Nc1ccccc1NC1CCC(O)CC1)NC#N. The van der Waals surface area contributed by atoms with Gasteiger partial charge in [0.05, 0.1) is 17.5 Å². The van der Waals surface area contributed by atoms with Crippen molar-refractivity contribution < 1.29 is 5.11 Å². The van der Waals surface area contributed by atoms with Gasteiger partial charge in [-0.05, 0) is 44.1 Å². The van der Waals surface area contributed by atoms with E-state index in [2.05, 4.69) is 15.6 Å². The minimum Gasteiger partial charge on any atom is -0.393 e. The summed E-state index contributed by atoms with van der Waals surface area (Å²) in [6.45, 7) is 0. The first-order valence-electron chi connectivity index (χ1n) is 7.04. The van der Waals surface area contributed by atoms with Gasteiger partial charge in [0.25, 0.3) is 0 Å². The zero-order valence-corrected chi connectivity index (χ0v) is 12.9. The van der Waals surface area contributed by atoms with Crippen molar-refractivity contribution in [2.45, 2.75) is 37.8 Å². The van der Waals surface area contributed by atoms with Gasteiger partial charge in [-0.1, -0.05) is 23.9 Å². The van der Waals surface area contributed by atoms with E-state index in [0.717, 1.165) is 37.1 Å². The molecule has 0 aliphatic heterocycles.